The minimum absolute atomic E-state index is 0.389. The number of benzene rings is 2. The summed E-state index contributed by atoms with van der Waals surface area (Å²) in [5.74, 6) is -0.695. The van der Waals surface area contributed by atoms with Crippen LogP contribution in [0.25, 0.3) is 0 Å². The van der Waals surface area contributed by atoms with Crippen molar-refractivity contribution in [2.24, 2.45) is 5.41 Å². The molecule has 3 rings (SSSR count). The van der Waals surface area contributed by atoms with Gasteiger partial charge < -0.3 is 14.6 Å². The van der Waals surface area contributed by atoms with Crippen molar-refractivity contribution in [1.29, 1.82) is 0 Å². The van der Waals surface area contributed by atoms with Crippen LogP contribution in [0.15, 0.2) is 48.5 Å². The van der Waals surface area contributed by atoms with Gasteiger partial charge in [0.2, 0.25) is 0 Å². The van der Waals surface area contributed by atoms with Crippen molar-refractivity contribution in [3.8, 4) is 0 Å². The summed E-state index contributed by atoms with van der Waals surface area (Å²) in [7, 11) is 1.62. The first kappa shape index (κ1) is 17.6. The van der Waals surface area contributed by atoms with Gasteiger partial charge in [0, 0.05) is 12.7 Å². The summed E-state index contributed by atoms with van der Waals surface area (Å²) >= 11 is 0. The summed E-state index contributed by atoms with van der Waals surface area (Å²) < 4.78 is 11.4. The zero-order chi connectivity index (χ0) is 17.9. The minimum atomic E-state index is -0.695. The van der Waals surface area contributed by atoms with Crippen molar-refractivity contribution in [2.45, 2.75) is 39.1 Å². The summed E-state index contributed by atoms with van der Waals surface area (Å²) in [5, 5.41) is 9.46. The molecule has 4 nitrogen and oxygen atoms in total. The molecule has 1 aliphatic carbocycles. The fraction of sp³-hybridized carbons (Fsp3) is 0.381. The lowest BCUT2D eigenvalue weighted by atomic mass is 9.92. The van der Waals surface area contributed by atoms with Crippen LogP contribution in [0.2, 0.25) is 0 Å². The molecule has 0 aromatic heterocycles. The van der Waals surface area contributed by atoms with Crippen molar-refractivity contribution < 1.29 is 19.4 Å². The Bertz CT molecular complexity index is 735. The molecule has 1 unspecified atom stereocenters. The van der Waals surface area contributed by atoms with E-state index in [1.54, 1.807) is 7.11 Å². The third-order valence-electron chi connectivity index (χ3n) is 4.87. The highest BCUT2D eigenvalue weighted by atomic mass is 16.7. The van der Waals surface area contributed by atoms with Crippen molar-refractivity contribution in [3.63, 3.8) is 0 Å². The molecule has 0 saturated heterocycles. The molecule has 132 valence electrons. The van der Waals surface area contributed by atoms with E-state index in [2.05, 4.69) is 6.07 Å². The Labute approximate surface area is 148 Å². The van der Waals surface area contributed by atoms with E-state index in [-0.39, 0.29) is 0 Å². The highest BCUT2D eigenvalue weighted by molar-refractivity contribution is 5.78. The fourth-order valence-electron chi connectivity index (χ4n) is 3.12. The molecule has 0 aliphatic heterocycles. The Hall–Kier alpha value is -2.17. The second kappa shape index (κ2) is 7.38. The van der Waals surface area contributed by atoms with Crippen molar-refractivity contribution in [1.82, 2.24) is 0 Å². The van der Waals surface area contributed by atoms with Gasteiger partial charge >= 0.3 is 5.97 Å². The van der Waals surface area contributed by atoms with Crippen LogP contribution in [0.5, 0.6) is 0 Å². The quantitative estimate of drug-likeness (QED) is 0.729. The van der Waals surface area contributed by atoms with Crippen LogP contribution in [0.4, 0.5) is 0 Å². The monoisotopic (exact) mass is 340 g/mol. The number of hydrogen-bond acceptors (Lipinski definition) is 3. The van der Waals surface area contributed by atoms with E-state index in [0.717, 1.165) is 35.1 Å². The first-order valence-corrected chi connectivity index (χ1v) is 8.55. The number of methoxy groups -OCH3 is 1. The predicted molar refractivity (Wildman–Crippen MR) is 95.2 cm³/mol. The second-order valence-corrected chi connectivity index (χ2v) is 6.82. The van der Waals surface area contributed by atoms with E-state index < -0.39 is 17.7 Å². The van der Waals surface area contributed by atoms with Gasteiger partial charge in [-0.15, -0.1) is 0 Å². The van der Waals surface area contributed by atoms with Crippen LogP contribution < -0.4 is 0 Å². The molecule has 1 atom stereocenters. The summed E-state index contributed by atoms with van der Waals surface area (Å²) in [5.41, 5.74) is 3.60. The van der Waals surface area contributed by atoms with Crippen LogP contribution in [-0.4, -0.2) is 18.2 Å². The van der Waals surface area contributed by atoms with Gasteiger partial charge in [-0.05, 0) is 37.3 Å². The first-order valence-electron chi connectivity index (χ1n) is 8.55. The maximum atomic E-state index is 11.5. The van der Waals surface area contributed by atoms with Gasteiger partial charge in [0.15, 0.2) is 6.29 Å². The molecule has 0 bridgehead atoms. The number of carboxylic acid groups (broad SMARTS) is 1. The van der Waals surface area contributed by atoms with E-state index in [4.69, 9.17) is 9.47 Å². The van der Waals surface area contributed by atoms with Gasteiger partial charge in [0.1, 0.15) is 0 Å². The molecule has 2 aromatic carbocycles. The first-order chi connectivity index (χ1) is 12.0. The number of aliphatic carboxylic acids is 1. The van der Waals surface area contributed by atoms with Crippen molar-refractivity contribution >= 4 is 5.97 Å². The summed E-state index contributed by atoms with van der Waals surface area (Å²) in [6, 6.07) is 15.9. The molecular weight excluding hydrogens is 316 g/mol. The van der Waals surface area contributed by atoms with Gasteiger partial charge in [-0.3, -0.25) is 4.79 Å². The van der Waals surface area contributed by atoms with Crippen molar-refractivity contribution in [3.05, 3.63) is 70.8 Å². The Balaban J connectivity index is 1.75. The van der Waals surface area contributed by atoms with E-state index in [1.807, 2.05) is 49.4 Å². The lowest BCUT2D eigenvalue weighted by molar-refractivity contribution is -0.143. The van der Waals surface area contributed by atoms with Gasteiger partial charge in [-0.2, -0.15) is 0 Å². The Morgan fingerprint density at radius 2 is 1.88 bits per heavy atom. The molecule has 2 aromatic rings. The van der Waals surface area contributed by atoms with Crippen LogP contribution in [0, 0.1) is 12.3 Å². The third kappa shape index (κ3) is 4.09. The number of aryl methyl sites for hydroxylation is 1. The molecular formula is C21H24O4. The zero-order valence-electron chi connectivity index (χ0n) is 14.7. The van der Waals surface area contributed by atoms with E-state index in [0.29, 0.717) is 13.0 Å². The average molecular weight is 340 g/mol. The van der Waals surface area contributed by atoms with E-state index in [1.165, 1.54) is 0 Å². The summed E-state index contributed by atoms with van der Waals surface area (Å²) in [4.78, 5) is 11.5. The minimum Gasteiger partial charge on any atom is -0.481 e. The van der Waals surface area contributed by atoms with Gasteiger partial charge in [0.25, 0.3) is 0 Å². The molecule has 0 amide bonds. The molecule has 1 fully saturated rings. The fourth-order valence-corrected chi connectivity index (χ4v) is 3.12. The molecule has 1 aliphatic rings. The SMILES string of the molecule is COC(OCc1cc(C)ccc1CC1(C(=O)O)CC1)c1ccccc1. The topological polar surface area (TPSA) is 55.8 Å². The summed E-state index contributed by atoms with van der Waals surface area (Å²) in [6.45, 7) is 2.42. The zero-order valence-corrected chi connectivity index (χ0v) is 14.7. The molecule has 0 spiro atoms. The maximum absolute atomic E-state index is 11.5. The molecule has 1 saturated carbocycles. The van der Waals surface area contributed by atoms with Crippen LogP contribution >= 0.6 is 0 Å². The number of carboxylic acids is 1. The lowest BCUT2D eigenvalue weighted by Crippen LogP contribution is -2.18. The average Bonchev–Trinajstić information content (AvgIpc) is 3.40. The molecule has 25 heavy (non-hydrogen) atoms. The lowest BCUT2D eigenvalue weighted by Gasteiger charge is -2.19. The highest BCUT2D eigenvalue weighted by Crippen LogP contribution is 2.49. The van der Waals surface area contributed by atoms with E-state index in [9.17, 15) is 9.90 Å². The largest absolute Gasteiger partial charge is 0.481 e. The smallest absolute Gasteiger partial charge is 0.309 e. The van der Waals surface area contributed by atoms with Crippen molar-refractivity contribution in [2.75, 3.05) is 7.11 Å². The van der Waals surface area contributed by atoms with Crippen LogP contribution in [0.1, 0.15) is 41.4 Å². The highest BCUT2D eigenvalue weighted by Gasteiger charge is 2.50. The van der Waals surface area contributed by atoms with Crippen LogP contribution in [-0.2, 0) is 27.3 Å². The molecule has 4 heteroatoms. The summed E-state index contributed by atoms with van der Waals surface area (Å²) in [6.07, 6.45) is 1.62. The Morgan fingerprint density at radius 3 is 2.48 bits per heavy atom. The standard InChI is InChI=1S/C21H24O4/c1-15-8-9-17(13-21(10-11-21)20(22)23)18(12-15)14-25-19(24-2)16-6-4-3-5-7-16/h3-9,12,19H,10-11,13-14H2,1-2H3,(H,22,23). The number of rotatable bonds is 8. The Kier molecular flexibility index (Phi) is 5.21. The van der Waals surface area contributed by atoms with Gasteiger partial charge in [-0.1, -0.05) is 54.1 Å². The second-order valence-electron chi connectivity index (χ2n) is 6.82. The molecule has 0 radical (unpaired) electrons. The molecule has 1 N–H and O–H groups in total. The van der Waals surface area contributed by atoms with E-state index >= 15 is 0 Å². The number of carbonyl (C=O) groups is 1. The van der Waals surface area contributed by atoms with Gasteiger partial charge in [-0.25, -0.2) is 0 Å². The molecule has 0 heterocycles. The normalized spacial score (nSPS) is 16.4. The maximum Gasteiger partial charge on any atom is 0.309 e. The number of ether oxygens (including phenoxy) is 2. The van der Waals surface area contributed by atoms with Gasteiger partial charge in [0.05, 0.1) is 12.0 Å². The number of hydrogen-bond donors (Lipinski definition) is 1. The third-order valence-corrected chi connectivity index (χ3v) is 4.87. The Morgan fingerprint density at radius 1 is 1.16 bits per heavy atom. The predicted octanol–water partition coefficient (Wildman–Crippen LogP) is 4.26. The van der Waals surface area contributed by atoms with Crippen LogP contribution in [0.3, 0.4) is 0 Å².